The van der Waals surface area contributed by atoms with Gasteiger partial charge in [-0.2, -0.15) is 5.10 Å². The molecule has 0 saturated heterocycles. The molecule has 0 bridgehead atoms. The maximum atomic E-state index is 13.8. The largest absolute Gasteiger partial charge is 0.313 e. The third kappa shape index (κ3) is 2.77. The van der Waals surface area contributed by atoms with Gasteiger partial charge >= 0.3 is 0 Å². The highest BCUT2D eigenvalue weighted by Crippen LogP contribution is 2.26. The molecular weight excluding hydrogens is 267 g/mol. The molecule has 0 spiro atoms. The fraction of sp³-hybridized carbons (Fsp3) is 0.385. The van der Waals surface area contributed by atoms with E-state index in [1.54, 1.807) is 24.0 Å². The number of hydrogen-bond donors (Lipinski definition) is 1. The van der Waals surface area contributed by atoms with Gasteiger partial charge in [-0.15, -0.1) is 0 Å². The van der Waals surface area contributed by atoms with E-state index in [9.17, 15) is 4.39 Å². The van der Waals surface area contributed by atoms with Gasteiger partial charge in [-0.25, -0.2) is 4.39 Å². The van der Waals surface area contributed by atoms with E-state index in [1.807, 2.05) is 14.0 Å². The molecule has 2 heterocycles. The van der Waals surface area contributed by atoms with Gasteiger partial charge < -0.3 is 5.32 Å². The topological polar surface area (TPSA) is 42.7 Å². The van der Waals surface area contributed by atoms with Crippen LogP contribution in [0.25, 0.3) is 0 Å². The van der Waals surface area contributed by atoms with Crippen LogP contribution in [0.3, 0.4) is 0 Å². The van der Waals surface area contributed by atoms with Crippen LogP contribution in [0.5, 0.6) is 0 Å². The third-order valence-corrected chi connectivity index (χ3v) is 3.68. The lowest BCUT2D eigenvalue weighted by Crippen LogP contribution is -2.21. The van der Waals surface area contributed by atoms with Gasteiger partial charge in [0.05, 0.1) is 22.6 Å². The van der Waals surface area contributed by atoms with Crippen molar-refractivity contribution in [2.45, 2.75) is 19.4 Å². The summed E-state index contributed by atoms with van der Waals surface area (Å²) in [5, 5.41) is 8.01. The van der Waals surface area contributed by atoms with Crippen LogP contribution in [0.1, 0.15) is 23.0 Å². The van der Waals surface area contributed by atoms with Gasteiger partial charge in [0.2, 0.25) is 0 Å². The molecule has 2 rings (SSSR count). The first-order chi connectivity index (χ1) is 9.04. The molecule has 0 aliphatic rings. The minimum Gasteiger partial charge on any atom is -0.313 e. The summed E-state index contributed by atoms with van der Waals surface area (Å²) in [6, 6.07) is 1.50. The van der Waals surface area contributed by atoms with E-state index in [4.69, 9.17) is 11.6 Å². The highest BCUT2D eigenvalue weighted by Gasteiger charge is 2.19. The molecule has 0 aliphatic heterocycles. The lowest BCUT2D eigenvalue weighted by Gasteiger charge is -2.17. The SMILES string of the molecule is CNC(Cc1c(Cl)c(C)nn1C)c1ccncc1F. The van der Waals surface area contributed by atoms with Crippen LogP contribution in [0.15, 0.2) is 18.5 Å². The molecule has 19 heavy (non-hydrogen) atoms. The molecule has 4 nitrogen and oxygen atoms in total. The summed E-state index contributed by atoms with van der Waals surface area (Å²) in [5.74, 6) is -0.322. The standard InChI is InChI=1S/C13H16ClFN4/c1-8-13(14)12(19(3)18-8)6-11(16-2)9-4-5-17-7-10(9)15/h4-5,7,11,16H,6H2,1-3H3. The zero-order valence-electron chi connectivity index (χ0n) is 11.1. The van der Waals surface area contributed by atoms with E-state index in [-0.39, 0.29) is 11.9 Å². The molecule has 0 aliphatic carbocycles. The fourth-order valence-electron chi connectivity index (χ4n) is 2.13. The van der Waals surface area contributed by atoms with Crippen LogP contribution in [-0.2, 0) is 13.5 Å². The van der Waals surface area contributed by atoms with E-state index < -0.39 is 0 Å². The number of hydrogen-bond acceptors (Lipinski definition) is 3. The van der Waals surface area contributed by atoms with E-state index in [2.05, 4.69) is 15.4 Å². The number of halogens is 2. The molecular formula is C13H16ClFN4. The molecule has 1 N–H and O–H groups in total. The van der Waals surface area contributed by atoms with Gasteiger partial charge in [0.1, 0.15) is 5.82 Å². The van der Waals surface area contributed by atoms with Crippen LogP contribution in [-0.4, -0.2) is 21.8 Å². The Morgan fingerprint density at radius 3 is 2.79 bits per heavy atom. The predicted octanol–water partition coefficient (Wildman–Crippen LogP) is 2.42. The molecule has 2 aromatic heterocycles. The minimum absolute atomic E-state index is 0.171. The number of nitrogens with one attached hydrogen (secondary N) is 1. The summed E-state index contributed by atoms with van der Waals surface area (Å²) in [5.41, 5.74) is 2.24. The lowest BCUT2D eigenvalue weighted by atomic mass is 10.0. The minimum atomic E-state index is -0.322. The number of rotatable bonds is 4. The number of nitrogens with zero attached hydrogens (tertiary/aromatic N) is 3. The van der Waals surface area contributed by atoms with Crippen molar-refractivity contribution in [3.63, 3.8) is 0 Å². The van der Waals surface area contributed by atoms with Crippen LogP contribution in [0, 0.1) is 12.7 Å². The van der Waals surface area contributed by atoms with Crippen molar-refractivity contribution in [2.24, 2.45) is 7.05 Å². The summed E-state index contributed by atoms with van der Waals surface area (Å²) in [7, 11) is 3.63. The van der Waals surface area contributed by atoms with Crippen molar-refractivity contribution in [3.8, 4) is 0 Å². The summed E-state index contributed by atoms with van der Waals surface area (Å²) in [6.07, 6.45) is 3.36. The molecule has 0 amide bonds. The second-order valence-corrected chi connectivity index (χ2v) is 4.79. The molecule has 102 valence electrons. The normalized spacial score (nSPS) is 12.7. The summed E-state index contributed by atoms with van der Waals surface area (Å²) in [4.78, 5) is 3.76. The molecule has 0 fully saturated rings. The van der Waals surface area contributed by atoms with E-state index >= 15 is 0 Å². The number of pyridine rings is 1. The zero-order chi connectivity index (χ0) is 14.0. The Morgan fingerprint density at radius 1 is 1.53 bits per heavy atom. The molecule has 1 atom stereocenters. The van der Waals surface area contributed by atoms with Crippen molar-refractivity contribution in [1.29, 1.82) is 0 Å². The number of aryl methyl sites for hydroxylation is 2. The second kappa shape index (κ2) is 5.67. The van der Waals surface area contributed by atoms with Crippen LogP contribution < -0.4 is 5.32 Å². The Labute approximate surface area is 116 Å². The first kappa shape index (κ1) is 14.0. The van der Waals surface area contributed by atoms with Gasteiger partial charge in [0, 0.05) is 31.3 Å². The Morgan fingerprint density at radius 2 is 2.26 bits per heavy atom. The number of likely N-dealkylation sites (N-methyl/N-ethyl adjacent to an activating group) is 1. The van der Waals surface area contributed by atoms with Gasteiger partial charge in [-0.1, -0.05) is 11.6 Å². The average Bonchev–Trinajstić information content (AvgIpc) is 2.63. The number of aromatic nitrogens is 3. The van der Waals surface area contributed by atoms with Gasteiger partial charge in [-0.3, -0.25) is 9.67 Å². The average molecular weight is 283 g/mol. The van der Waals surface area contributed by atoms with Crippen molar-refractivity contribution in [2.75, 3.05) is 7.05 Å². The molecule has 6 heteroatoms. The highest BCUT2D eigenvalue weighted by molar-refractivity contribution is 6.31. The Bertz CT molecular complexity index is 582. The van der Waals surface area contributed by atoms with E-state index in [0.717, 1.165) is 11.4 Å². The van der Waals surface area contributed by atoms with Crippen LogP contribution in [0.4, 0.5) is 4.39 Å². The monoisotopic (exact) mass is 282 g/mol. The molecule has 0 radical (unpaired) electrons. The molecule has 1 unspecified atom stereocenters. The zero-order valence-corrected chi connectivity index (χ0v) is 11.9. The van der Waals surface area contributed by atoms with Gasteiger partial charge in [-0.05, 0) is 20.0 Å². The smallest absolute Gasteiger partial charge is 0.146 e. The first-order valence-corrected chi connectivity index (χ1v) is 6.37. The van der Waals surface area contributed by atoms with E-state index in [0.29, 0.717) is 17.0 Å². The third-order valence-electron chi connectivity index (χ3n) is 3.19. The maximum Gasteiger partial charge on any atom is 0.146 e. The van der Waals surface area contributed by atoms with Crippen molar-refractivity contribution in [1.82, 2.24) is 20.1 Å². The lowest BCUT2D eigenvalue weighted by molar-refractivity contribution is 0.517. The molecule has 0 saturated carbocycles. The summed E-state index contributed by atoms with van der Waals surface area (Å²) < 4.78 is 15.5. The Balaban J connectivity index is 2.32. The van der Waals surface area contributed by atoms with Crippen LogP contribution in [0.2, 0.25) is 5.02 Å². The van der Waals surface area contributed by atoms with E-state index in [1.165, 1.54) is 6.20 Å². The highest BCUT2D eigenvalue weighted by atomic mass is 35.5. The maximum absolute atomic E-state index is 13.8. The Hall–Kier alpha value is -1.46. The van der Waals surface area contributed by atoms with Gasteiger partial charge in [0.25, 0.3) is 0 Å². The van der Waals surface area contributed by atoms with Crippen molar-refractivity contribution >= 4 is 11.6 Å². The summed E-state index contributed by atoms with van der Waals surface area (Å²) >= 11 is 6.23. The van der Waals surface area contributed by atoms with Crippen molar-refractivity contribution in [3.05, 3.63) is 46.3 Å². The quantitative estimate of drug-likeness (QED) is 0.936. The van der Waals surface area contributed by atoms with Crippen LogP contribution >= 0.6 is 11.6 Å². The first-order valence-electron chi connectivity index (χ1n) is 5.99. The predicted molar refractivity (Wildman–Crippen MR) is 72.7 cm³/mol. The molecule has 0 aromatic carbocycles. The van der Waals surface area contributed by atoms with Gasteiger partial charge in [0.15, 0.2) is 0 Å². The summed E-state index contributed by atoms with van der Waals surface area (Å²) in [6.45, 7) is 1.85. The van der Waals surface area contributed by atoms with Crippen molar-refractivity contribution < 1.29 is 4.39 Å². The Kier molecular flexibility index (Phi) is 4.17. The second-order valence-electron chi connectivity index (χ2n) is 4.41. The fourth-order valence-corrected chi connectivity index (χ4v) is 2.37. The molecule has 2 aromatic rings.